The molecule has 2 bridgehead atoms. The van der Waals surface area contributed by atoms with E-state index in [9.17, 15) is 8.42 Å². The minimum absolute atomic E-state index is 0.262. The van der Waals surface area contributed by atoms with E-state index in [1.54, 1.807) is 24.3 Å². The molecule has 1 aliphatic heterocycles. The third kappa shape index (κ3) is 4.16. The highest BCUT2D eigenvalue weighted by Crippen LogP contribution is 2.58. The van der Waals surface area contributed by atoms with Crippen LogP contribution in [0.15, 0.2) is 45.9 Å². The first-order valence-electron chi connectivity index (χ1n) is 10.3. The van der Waals surface area contributed by atoms with Crippen LogP contribution in [0.3, 0.4) is 0 Å². The fourth-order valence-corrected chi connectivity index (χ4v) is 6.09. The Balaban J connectivity index is 1.31. The van der Waals surface area contributed by atoms with Crippen LogP contribution >= 0.6 is 12.2 Å². The second-order valence-corrected chi connectivity index (χ2v) is 11.0. The number of anilines is 1. The van der Waals surface area contributed by atoms with E-state index in [1.165, 1.54) is 16.3 Å². The molecule has 0 spiro atoms. The molecule has 0 amide bonds. The first-order valence-corrected chi connectivity index (χ1v) is 12.1. The Hall–Kier alpha value is -1.81. The van der Waals surface area contributed by atoms with Gasteiger partial charge in [0.25, 0.3) is 0 Å². The van der Waals surface area contributed by atoms with Crippen molar-refractivity contribution in [3.63, 3.8) is 0 Å². The summed E-state index contributed by atoms with van der Waals surface area (Å²) in [5.41, 5.74) is 5.18. The summed E-state index contributed by atoms with van der Waals surface area (Å²) < 4.78 is 32.0. The molecule has 7 nitrogen and oxygen atoms in total. The van der Waals surface area contributed by atoms with Gasteiger partial charge in [0.2, 0.25) is 10.0 Å². The minimum atomic E-state index is -3.50. The number of morpholine rings is 1. The van der Waals surface area contributed by atoms with Gasteiger partial charge in [-0.15, -0.1) is 0 Å². The van der Waals surface area contributed by atoms with E-state index in [0.29, 0.717) is 48.4 Å². The van der Waals surface area contributed by atoms with E-state index in [4.69, 9.17) is 17.0 Å². The van der Waals surface area contributed by atoms with Gasteiger partial charge < -0.3 is 10.1 Å². The number of hydrazone groups is 1. The molecule has 3 aliphatic carbocycles. The van der Waals surface area contributed by atoms with Crippen LogP contribution in [0, 0.1) is 17.3 Å². The average molecular weight is 449 g/mol. The molecule has 30 heavy (non-hydrogen) atoms. The summed E-state index contributed by atoms with van der Waals surface area (Å²) in [4.78, 5) is 0.262. The predicted molar refractivity (Wildman–Crippen MR) is 122 cm³/mol. The number of nitrogens with one attached hydrogen (secondary N) is 2. The molecule has 2 fully saturated rings. The van der Waals surface area contributed by atoms with Crippen molar-refractivity contribution in [2.45, 2.75) is 31.6 Å². The number of benzene rings is 1. The Kier molecular flexibility index (Phi) is 5.98. The van der Waals surface area contributed by atoms with Crippen molar-refractivity contribution in [2.75, 3.05) is 31.6 Å². The molecule has 0 radical (unpaired) electrons. The summed E-state index contributed by atoms with van der Waals surface area (Å²) >= 11 is 5.30. The van der Waals surface area contributed by atoms with Crippen LogP contribution in [0.25, 0.3) is 0 Å². The van der Waals surface area contributed by atoms with Crippen molar-refractivity contribution in [2.24, 2.45) is 22.4 Å². The summed E-state index contributed by atoms with van der Waals surface area (Å²) in [6.45, 7) is 6.27. The predicted octanol–water partition coefficient (Wildman–Crippen LogP) is 2.97. The van der Waals surface area contributed by atoms with Gasteiger partial charge in [0.15, 0.2) is 5.11 Å². The quantitative estimate of drug-likeness (QED) is 0.409. The maximum absolute atomic E-state index is 12.7. The molecule has 1 saturated carbocycles. The molecule has 162 valence electrons. The first-order chi connectivity index (χ1) is 14.3. The normalized spacial score (nSPS) is 26.0. The van der Waals surface area contributed by atoms with E-state index >= 15 is 0 Å². The maximum atomic E-state index is 12.7. The van der Waals surface area contributed by atoms with Crippen LogP contribution in [-0.4, -0.2) is 50.4 Å². The summed E-state index contributed by atoms with van der Waals surface area (Å²) in [6.07, 6.45) is 6.51. The minimum Gasteiger partial charge on any atom is -0.379 e. The molecule has 0 aromatic heterocycles. The van der Waals surface area contributed by atoms with Gasteiger partial charge in [-0.2, -0.15) is 9.41 Å². The number of thiocarbonyl (C=S) groups is 1. The van der Waals surface area contributed by atoms with Crippen molar-refractivity contribution < 1.29 is 13.2 Å². The number of sulfonamides is 1. The zero-order chi connectivity index (χ0) is 21.4. The van der Waals surface area contributed by atoms with Crippen LogP contribution in [0.5, 0.6) is 0 Å². The Labute approximate surface area is 183 Å². The molecule has 1 aromatic carbocycles. The Morgan fingerprint density at radius 3 is 2.60 bits per heavy atom. The van der Waals surface area contributed by atoms with Crippen molar-refractivity contribution in [1.82, 2.24) is 9.73 Å². The molecule has 9 heteroatoms. The first kappa shape index (κ1) is 21.4. The highest BCUT2D eigenvalue weighted by molar-refractivity contribution is 7.89. The van der Waals surface area contributed by atoms with Crippen LogP contribution in [0.4, 0.5) is 5.69 Å². The number of allylic oxidation sites excluding steroid dienone is 2. The lowest BCUT2D eigenvalue weighted by atomic mass is 9.49. The van der Waals surface area contributed by atoms with E-state index in [1.807, 2.05) is 6.21 Å². The van der Waals surface area contributed by atoms with Crippen molar-refractivity contribution in [1.29, 1.82) is 0 Å². The number of hydrogen-bond donors (Lipinski definition) is 2. The zero-order valence-electron chi connectivity index (χ0n) is 17.3. The molecule has 1 heterocycles. The van der Waals surface area contributed by atoms with Crippen molar-refractivity contribution in [3.05, 3.63) is 35.9 Å². The van der Waals surface area contributed by atoms with Crippen LogP contribution in [-0.2, 0) is 14.8 Å². The number of hydrogen-bond acceptors (Lipinski definition) is 5. The molecular formula is C21H28N4O3S2. The lowest BCUT2D eigenvalue weighted by molar-refractivity contribution is -0.00126. The van der Waals surface area contributed by atoms with Gasteiger partial charge in [0.05, 0.1) is 24.3 Å². The lowest BCUT2D eigenvalue weighted by Gasteiger charge is -2.55. The summed E-state index contributed by atoms with van der Waals surface area (Å²) in [5, 5.41) is 7.68. The highest BCUT2D eigenvalue weighted by Gasteiger charge is 2.50. The molecule has 1 saturated heterocycles. The number of nitrogens with zero attached hydrogens (tertiary/aromatic N) is 2. The molecule has 2 N–H and O–H groups in total. The van der Waals surface area contributed by atoms with Gasteiger partial charge in [-0.1, -0.05) is 19.9 Å². The van der Waals surface area contributed by atoms with Gasteiger partial charge in [-0.25, -0.2) is 8.42 Å². The Bertz CT molecular complexity index is 964. The van der Waals surface area contributed by atoms with Gasteiger partial charge in [0.1, 0.15) is 0 Å². The fourth-order valence-electron chi connectivity index (χ4n) is 4.52. The molecule has 2 atom stereocenters. The molecule has 5 rings (SSSR count). The van der Waals surface area contributed by atoms with E-state index in [0.717, 1.165) is 12.3 Å². The second kappa shape index (κ2) is 8.37. The highest BCUT2D eigenvalue weighted by atomic mass is 32.2. The van der Waals surface area contributed by atoms with E-state index < -0.39 is 10.0 Å². The van der Waals surface area contributed by atoms with Gasteiger partial charge in [-0.05, 0) is 72.1 Å². The third-order valence-corrected chi connectivity index (χ3v) is 8.72. The average Bonchev–Trinajstić information content (AvgIpc) is 2.74. The number of rotatable bonds is 5. The zero-order valence-corrected chi connectivity index (χ0v) is 18.9. The van der Waals surface area contributed by atoms with Crippen molar-refractivity contribution in [3.8, 4) is 0 Å². The van der Waals surface area contributed by atoms with Gasteiger partial charge >= 0.3 is 0 Å². The van der Waals surface area contributed by atoms with E-state index in [-0.39, 0.29) is 4.90 Å². The van der Waals surface area contributed by atoms with Gasteiger partial charge in [-0.3, -0.25) is 5.43 Å². The lowest BCUT2D eigenvalue weighted by Crippen LogP contribution is -2.48. The topological polar surface area (TPSA) is 83.0 Å². The number of ether oxygens (including phenoxy) is 1. The van der Waals surface area contributed by atoms with Gasteiger partial charge in [0, 0.05) is 18.8 Å². The monoisotopic (exact) mass is 448 g/mol. The Morgan fingerprint density at radius 1 is 1.27 bits per heavy atom. The SMILES string of the molecule is CC1(C)[C@H]2CC=C(/C=N\NC(=S)Nc3ccc(S(=O)(=O)N4CCOCC4)cc3)[C@@H]1C2. The maximum Gasteiger partial charge on any atom is 0.243 e. The molecular weight excluding hydrogens is 420 g/mol. The van der Waals surface area contributed by atoms with Crippen LogP contribution < -0.4 is 10.7 Å². The molecule has 0 unspecified atom stereocenters. The standard InChI is InChI=1S/C21H28N4O3S2/c1-21(2)16-4-3-15(19(21)13-16)14-22-24-20(29)23-17-5-7-18(8-6-17)30(26,27)25-9-11-28-12-10-25/h3,5-8,14,16,19H,4,9-13H2,1-2H3,(H2,23,24,29)/b22-14-/t16-,19-/m0/s1. The van der Waals surface area contributed by atoms with Crippen molar-refractivity contribution >= 4 is 39.3 Å². The molecule has 4 aliphatic rings. The summed E-state index contributed by atoms with van der Waals surface area (Å²) in [5.74, 6) is 1.37. The van der Waals surface area contributed by atoms with E-state index in [2.05, 4.69) is 35.8 Å². The second-order valence-electron chi connectivity index (χ2n) is 8.61. The molecule has 1 aromatic rings. The smallest absolute Gasteiger partial charge is 0.243 e. The fraction of sp³-hybridized carbons (Fsp3) is 0.524. The summed E-state index contributed by atoms with van der Waals surface area (Å²) in [6, 6.07) is 6.57. The van der Waals surface area contributed by atoms with Crippen LogP contribution in [0.1, 0.15) is 26.7 Å². The third-order valence-electron chi connectivity index (χ3n) is 6.61. The summed E-state index contributed by atoms with van der Waals surface area (Å²) in [7, 11) is -3.50. The van der Waals surface area contributed by atoms with Crippen LogP contribution in [0.2, 0.25) is 0 Å². The Morgan fingerprint density at radius 2 is 1.97 bits per heavy atom. The number of fused-ring (bicyclic) bond motifs is 1. The largest absolute Gasteiger partial charge is 0.379 e.